The van der Waals surface area contributed by atoms with Crippen molar-refractivity contribution in [2.24, 2.45) is 0 Å². The summed E-state index contributed by atoms with van der Waals surface area (Å²) in [6, 6.07) is 3.19. The molecule has 0 aliphatic carbocycles. The molecule has 0 aromatic heterocycles. The number of aliphatic hydroxyl groups is 1. The summed E-state index contributed by atoms with van der Waals surface area (Å²) in [4.78, 5) is 0. The fourth-order valence-corrected chi connectivity index (χ4v) is 1.63. The molecule has 1 aromatic rings. The third kappa shape index (κ3) is 1.73. The molecule has 60 valence electrons. The first-order chi connectivity index (χ1) is 5.15. The number of hydrogen-bond donors (Lipinski definition) is 2. The van der Waals surface area contributed by atoms with Gasteiger partial charge < -0.3 is 10.2 Å². The molecule has 0 fully saturated rings. The molecule has 0 heterocycles. The van der Waals surface area contributed by atoms with Crippen LogP contribution >= 0.6 is 15.9 Å². The Morgan fingerprint density at radius 1 is 1.45 bits per heavy atom. The van der Waals surface area contributed by atoms with E-state index in [1.807, 2.05) is 6.92 Å². The SMILES string of the molecule is Cc1cc(O)cc(Br)c1CO. The Morgan fingerprint density at radius 3 is 2.55 bits per heavy atom. The number of aromatic hydroxyl groups is 1. The van der Waals surface area contributed by atoms with Gasteiger partial charge in [-0.15, -0.1) is 0 Å². The predicted octanol–water partition coefficient (Wildman–Crippen LogP) is 1.96. The summed E-state index contributed by atoms with van der Waals surface area (Å²) in [5.74, 6) is 0.214. The average Bonchev–Trinajstić information content (AvgIpc) is 1.85. The summed E-state index contributed by atoms with van der Waals surface area (Å²) in [7, 11) is 0. The molecular weight excluding hydrogens is 208 g/mol. The predicted molar refractivity (Wildman–Crippen MR) is 46.5 cm³/mol. The van der Waals surface area contributed by atoms with Crippen molar-refractivity contribution in [1.29, 1.82) is 0 Å². The molecular formula is C8H9BrO2. The van der Waals surface area contributed by atoms with Crippen molar-refractivity contribution >= 4 is 15.9 Å². The quantitative estimate of drug-likeness (QED) is 0.754. The van der Waals surface area contributed by atoms with Crippen molar-refractivity contribution in [2.75, 3.05) is 0 Å². The molecule has 1 rings (SSSR count). The molecule has 0 spiro atoms. The number of benzene rings is 1. The van der Waals surface area contributed by atoms with Crippen molar-refractivity contribution in [3.05, 3.63) is 27.7 Å². The van der Waals surface area contributed by atoms with Crippen LogP contribution < -0.4 is 0 Å². The van der Waals surface area contributed by atoms with Gasteiger partial charge in [0.15, 0.2) is 0 Å². The summed E-state index contributed by atoms with van der Waals surface area (Å²) in [5.41, 5.74) is 1.71. The third-order valence-electron chi connectivity index (χ3n) is 1.56. The van der Waals surface area contributed by atoms with Crippen LogP contribution in [-0.4, -0.2) is 10.2 Å². The zero-order valence-corrected chi connectivity index (χ0v) is 7.72. The van der Waals surface area contributed by atoms with Crippen molar-refractivity contribution < 1.29 is 10.2 Å². The van der Waals surface area contributed by atoms with Gasteiger partial charge in [0.1, 0.15) is 5.75 Å². The van der Waals surface area contributed by atoms with Gasteiger partial charge in [0, 0.05) is 4.47 Å². The second-order valence-electron chi connectivity index (χ2n) is 2.38. The van der Waals surface area contributed by atoms with Crippen molar-refractivity contribution in [1.82, 2.24) is 0 Å². The first-order valence-corrected chi connectivity index (χ1v) is 4.03. The van der Waals surface area contributed by atoms with Crippen LogP contribution in [-0.2, 0) is 6.61 Å². The van der Waals surface area contributed by atoms with Crippen LogP contribution in [0.5, 0.6) is 5.75 Å². The lowest BCUT2D eigenvalue weighted by atomic mass is 10.1. The Balaban J connectivity index is 3.25. The second-order valence-corrected chi connectivity index (χ2v) is 3.24. The van der Waals surface area contributed by atoms with Crippen molar-refractivity contribution in [2.45, 2.75) is 13.5 Å². The number of halogens is 1. The topological polar surface area (TPSA) is 40.5 Å². The molecule has 0 saturated heterocycles. The lowest BCUT2D eigenvalue weighted by molar-refractivity contribution is 0.280. The number of rotatable bonds is 1. The normalized spacial score (nSPS) is 10.1. The minimum Gasteiger partial charge on any atom is -0.508 e. The molecule has 0 bridgehead atoms. The van der Waals surface area contributed by atoms with Gasteiger partial charge in [-0.1, -0.05) is 15.9 Å². The highest BCUT2D eigenvalue weighted by molar-refractivity contribution is 9.10. The van der Waals surface area contributed by atoms with Crippen LogP contribution in [0.4, 0.5) is 0 Å². The molecule has 0 radical (unpaired) electrons. The molecule has 0 aliphatic heterocycles. The molecule has 0 aliphatic rings. The molecule has 0 atom stereocenters. The maximum absolute atomic E-state index is 9.10. The van der Waals surface area contributed by atoms with E-state index in [2.05, 4.69) is 15.9 Å². The minimum atomic E-state index is -0.00725. The smallest absolute Gasteiger partial charge is 0.116 e. The molecule has 11 heavy (non-hydrogen) atoms. The molecule has 1 aromatic carbocycles. The summed E-state index contributed by atoms with van der Waals surface area (Å²) in [6.45, 7) is 1.84. The second kappa shape index (κ2) is 3.24. The summed E-state index contributed by atoms with van der Waals surface area (Å²) < 4.78 is 0.748. The van der Waals surface area contributed by atoms with E-state index in [1.54, 1.807) is 12.1 Å². The van der Waals surface area contributed by atoms with Gasteiger partial charge >= 0.3 is 0 Å². The van der Waals surface area contributed by atoms with Gasteiger partial charge in [-0.2, -0.15) is 0 Å². The number of phenols is 1. The van der Waals surface area contributed by atoms with Gasteiger partial charge in [0.2, 0.25) is 0 Å². The van der Waals surface area contributed by atoms with E-state index < -0.39 is 0 Å². The van der Waals surface area contributed by atoms with Crippen molar-refractivity contribution in [3.63, 3.8) is 0 Å². The van der Waals surface area contributed by atoms with Gasteiger partial charge in [-0.25, -0.2) is 0 Å². The highest BCUT2D eigenvalue weighted by Gasteiger charge is 2.03. The fourth-order valence-electron chi connectivity index (χ4n) is 0.956. The molecule has 2 nitrogen and oxygen atoms in total. The van der Waals surface area contributed by atoms with Gasteiger partial charge in [-0.3, -0.25) is 0 Å². The van der Waals surface area contributed by atoms with Crippen molar-refractivity contribution in [3.8, 4) is 5.75 Å². The van der Waals surface area contributed by atoms with Crippen LogP contribution in [0.15, 0.2) is 16.6 Å². The van der Waals surface area contributed by atoms with Gasteiger partial charge in [0.05, 0.1) is 6.61 Å². The van der Waals surface area contributed by atoms with E-state index in [4.69, 9.17) is 10.2 Å². The molecule has 3 heteroatoms. The Hall–Kier alpha value is -0.540. The van der Waals surface area contributed by atoms with E-state index in [0.717, 1.165) is 15.6 Å². The molecule has 0 unspecified atom stereocenters. The highest BCUT2D eigenvalue weighted by Crippen LogP contribution is 2.25. The van der Waals surface area contributed by atoms with Crippen LogP contribution in [0.3, 0.4) is 0 Å². The van der Waals surface area contributed by atoms with E-state index >= 15 is 0 Å². The largest absolute Gasteiger partial charge is 0.508 e. The molecule has 0 saturated carbocycles. The third-order valence-corrected chi connectivity index (χ3v) is 2.27. The van der Waals surface area contributed by atoms with E-state index in [-0.39, 0.29) is 12.4 Å². The van der Waals surface area contributed by atoms with Gasteiger partial charge in [0.25, 0.3) is 0 Å². The first kappa shape index (κ1) is 8.56. The monoisotopic (exact) mass is 216 g/mol. The highest BCUT2D eigenvalue weighted by atomic mass is 79.9. The maximum atomic E-state index is 9.10. The summed E-state index contributed by atoms with van der Waals surface area (Å²) >= 11 is 3.24. The first-order valence-electron chi connectivity index (χ1n) is 3.24. The lowest BCUT2D eigenvalue weighted by Crippen LogP contribution is -1.89. The van der Waals surface area contributed by atoms with Crippen LogP contribution in [0, 0.1) is 6.92 Å². The average molecular weight is 217 g/mol. The fraction of sp³-hybridized carbons (Fsp3) is 0.250. The Bertz CT molecular complexity index is 248. The molecule has 2 N–H and O–H groups in total. The Kier molecular flexibility index (Phi) is 2.52. The van der Waals surface area contributed by atoms with E-state index in [1.165, 1.54) is 0 Å². The number of aliphatic hydroxyl groups excluding tert-OH is 1. The molecule has 0 amide bonds. The Labute approximate surface area is 73.6 Å². The lowest BCUT2D eigenvalue weighted by Gasteiger charge is -2.05. The zero-order valence-electron chi connectivity index (χ0n) is 6.13. The van der Waals surface area contributed by atoms with Gasteiger partial charge in [-0.05, 0) is 30.2 Å². The number of aryl methyl sites for hydroxylation is 1. The summed E-state index contributed by atoms with van der Waals surface area (Å²) in [6.07, 6.45) is 0. The number of phenolic OH excluding ortho intramolecular Hbond substituents is 1. The minimum absolute atomic E-state index is 0.00725. The van der Waals surface area contributed by atoms with Crippen LogP contribution in [0.1, 0.15) is 11.1 Å². The zero-order chi connectivity index (χ0) is 8.43. The van der Waals surface area contributed by atoms with E-state index in [9.17, 15) is 0 Å². The van der Waals surface area contributed by atoms with E-state index in [0.29, 0.717) is 0 Å². The Morgan fingerprint density at radius 2 is 2.09 bits per heavy atom. The maximum Gasteiger partial charge on any atom is 0.116 e. The van der Waals surface area contributed by atoms with Crippen LogP contribution in [0.2, 0.25) is 0 Å². The van der Waals surface area contributed by atoms with Crippen LogP contribution in [0.25, 0.3) is 0 Å². The standard InChI is InChI=1S/C8H9BrO2/c1-5-2-6(11)3-8(9)7(5)4-10/h2-3,10-11H,4H2,1H3. The number of hydrogen-bond acceptors (Lipinski definition) is 2. The summed E-state index contributed by atoms with van der Waals surface area (Å²) in [5, 5.41) is 18.0.